The Morgan fingerprint density at radius 1 is 0.938 bits per heavy atom. The Bertz CT molecular complexity index is 2650. The second-order valence-corrected chi connectivity index (χ2v) is 20.4. The number of amides is 2. The summed E-state index contributed by atoms with van der Waals surface area (Å²) < 4.78 is 51.4. The van der Waals surface area contributed by atoms with Crippen molar-refractivity contribution in [2.45, 2.75) is 70.9 Å². The highest BCUT2D eigenvalue weighted by atomic mass is 79.9. The Labute approximate surface area is 379 Å². The lowest BCUT2D eigenvalue weighted by atomic mass is 9.89. The lowest BCUT2D eigenvalue weighted by molar-refractivity contribution is -0.134. The van der Waals surface area contributed by atoms with Crippen LogP contribution in [0, 0.1) is 11.6 Å². The van der Waals surface area contributed by atoms with E-state index in [1.54, 1.807) is 45.0 Å². The van der Waals surface area contributed by atoms with Gasteiger partial charge in [-0.25, -0.2) is 18.4 Å². The quantitative estimate of drug-likeness (QED) is 0.0389. The van der Waals surface area contributed by atoms with Crippen molar-refractivity contribution in [3.05, 3.63) is 91.9 Å². The number of benzene rings is 3. The molecule has 0 saturated carbocycles. The lowest BCUT2D eigenvalue weighted by Gasteiger charge is -2.35. The summed E-state index contributed by atoms with van der Waals surface area (Å²) in [5.41, 5.74) is 3.48. The molecule has 15 nitrogen and oxygen atoms in total. The summed E-state index contributed by atoms with van der Waals surface area (Å²) in [5, 5.41) is 21.6. The van der Waals surface area contributed by atoms with Crippen LogP contribution in [0.15, 0.2) is 58.1 Å². The van der Waals surface area contributed by atoms with Crippen LogP contribution >= 0.6 is 23.1 Å². The van der Waals surface area contributed by atoms with E-state index in [0.29, 0.717) is 87.1 Å². The maximum atomic E-state index is 14.9. The van der Waals surface area contributed by atoms with Gasteiger partial charge in [0.1, 0.15) is 30.3 Å². The van der Waals surface area contributed by atoms with E-state index in [0.717, 1.165) is 50.1 Å². The molecule has 2 aliphatic heterocycles. The third kappa shape index (κ3) is 10.5. The number of hydrogen-bond acceptors (Lipinski definition) is 13. The Balaban J connectivity index is 0.934. The van der Waals surface area contributed by atoms with E-state index < -0.39 is 36.5 Å². The van der Waals surface area contributed by atoms with Gasteiger partial charge in [0.2, 0.25) is 17.8 Å². The SMILES string of the molecule is CCc1cc(Nc2ncc(Br)c(Nc3ccc4c(=O)n(CC)ncc4c3P(C)(C)=O)n2)c(OC)cc1N1CCC(NCCNCCc2cc(F)c([C@H]3CCC(=O)NC3=O)c(F)c2)CC1. The number of methoxy groups -OCH3 is 1. The maximum Gasteiger partial charge on any atom is 0.274 e. The highest BCUT2D eigenvalue weighted by Crippen LogP contribution is 2.42. The number of imide groups is 1. The van der Waals surface area contributed by atoms with Gasteiger partial charge >= 0.3 is 0 Å². The molecular formula is C45H54BrF2N10O5P. The summed E-state index contributed by atoms with van der Waals surface area (Å²) in [6.45, 7) is 11.4. The van der Waals surface area contributed by atoms with Crippen LogP contribution in [0.25, 0.3) is 10.8 Å². The Morgan fingerprint density at radius 2 is 1.69 bits per heavy atom. The van der Waals surface area contributed by atoms with E-state index in [1.807, 2.05) is 6.92 Å². The average Bonchev–Trinajstić information content (AvgIpc) is 3.26. The molecular weight excluding hydrogens is 909 g/mol. The third-order valence-electron chi connectivity index (χ3n) is 11.8. The predicted molar refractivity (Wildman–Crippen MR) is 251 cm³/mol. The monoisotopic (exact) mass is 962 g/mol. The highest BCUT2D eigenvalue weighted by Gasteiger charge is 2.33. The minimum Gasteiger partial charge on any atom is -0.494 e. The van der Waals surface area contributed by atoms with Crippen LogP contribution in [0.2, 0.25) is 0 Å². The number of carbonyl (C=O) groups excluding carboxylic acids is 2. The van der Waals surface area contributed by atoms with Crippen molar-refractivity contribution in [1.82, 2.24) is 35.7 Å². The normalized spacial score (nSPS) is 16.0. The van der Waals surface area contributed by atoms with Gasteiger partial charge in [0.15, 0.2) is 0 Å². The zero-order valence-corrected chi connectivity index (χ0v) is 39.1. The summed E-state index contributed by atoms with van der Waals surface area (Å²) in [5.74, 6) is -2.25. The summed E-state index contributed by atoms with van der Waals surface area (Å²) in [6.07, 6.45) is 6.47. The van der Waals surface area contributed by atoms with E-state index >= 15 is 0 Å². The van der Waals surface area contributed by atoms with Crippen molar-refractivity contribution < 1.29 is 27.7 Å². The van der Waals surface area contributed by atoms with Crippen LogP contribution in [-0.4, -0.2) is 90.8 Å². The molecule has 2 saturated heterocycles. The molecule has 5 aromatic rings. The van der Waals surface area contributed by atoms with Crippen LogP contribution < -0.4 is 47.1 Å². The minimum absolute atomic E-state index is 0.0511. The molecule has 0 aliphatic carbocycles. The fraction of sp³-hybridized carbons (Fsp3) is 0.422. The van der Waals surface area contributed by atoms with E-state index in [-0.39, 0.29) is 24.0 Å². The average molecular weight is 964 g/mol. The molecule has 19 heteroatoms. The van der Waals surface area contributed by atoms with E-state index in [1.165, 1.54) is 16.8 Å². The molecule has 0 radical (unpaired) electrons. The molecule has 0 spiro atoms. The van der Waals surface area contributed by atoms with Gasteiger partial charge in [0, 0.05) is 79.4 Å². The largest absolute Gasteiger partial charge is 0.494 e. The molecule has 2 aromatic heterocycles. The fourth-order valence-corrected chi connectivity index (χ4v) is 10.3. The molecule has 3 aromatic carbocycles. The number of ether oxygens (including phenoxy) is 1. The molecule has 340 valence electrons. The van der Waals surface area contributed by atoms with Gasteiger partial charge in [-0.05, 0) is 116 Å². The van der Waals surface area contributed by atoms with Gasteiger partial charge < -0.3 is 35.5 Å². The molecule has 0 bridgehead atoms. The number of nitrogens with zero attached hydrogens (tertiary/aromatic N) is 5. The van der Waals surface area contributed by atoms with Crippen molar-refractivity contribution >= 4 is 79.8 Å². The summed E-state index contributed by atoms with van der Waals surface area (Å²) in [7, 11) is -1.28. The summed E-state index contributed by atoms with van der Waals surface area (Å²) in [6, 6.07) is 10.5. The van der Waals surface area contributed by atoms with Crippen molar-refractivity contribution in [2.24, 2.45) is 0 Å². The zero-order chi connectivity index (χ0) is 45.7. The molecule has 2 aliphatic rings. The number of aryl methyl sites for hydroxylation is 2. The van der Waals surface area contributed by atoms with Gasteiger partial charge in [0.05, 0.1) is 40.5 Å². The third-order valence-corrected chi connectivity index (χ3v) is 13.9. The van der Waals surface area contributed by atoms with E-state index in [9.17, 15) is 27.7 Å². The molecule has 0 unspecified atom stereocenters. The molecule has 4 heterocycles. The molecule has 7 rings (SSSR count). The Kier molecular flexibility index (Phi) is 14.8. The first-order chi connectivity index (χ1) is 30.7. The first kappa shape index (κ1) is 46.7. The maximum absolute atomic E-state index is 14.9. The lowest BCUT2D eigenvalue weighted by Crippen LogP contribution is -2.44. The van der Waals surface area contributed by atoms with Crippen LogP contribution in [0.3, 0.4) is 0 Å². The molecule has 5 N–H and O–H groups in total. The Morgan fingerprint density at radius 3 is 2.36 bits per heavy atom. The van der Waals surface area contributed by atoms with Crippen LogP contribution in [0.1, 0.15) is 62.1 Å². The number of fused-ring (bicyclic) bond motifs is 1. The van der Waals surface area contributed by atoms with Gasteiger partial charge in [0.25, 0.3) is 5.56 Å². The standard InChI is InChI=1S/C45H54BrF2N10O5P/c1-6-27-22-36(54-45-51-25-32(46)42(56-45)53-35-10-8-29-31(41(35)64(4,5)62)24-52-58(7-2)44(29)61)38(63-3)23-37(27)57-18-13-28(14-19-57)50-17-16-49-15-12-26-20-33(47)40(34(48)21-26)30-9-11-39(59)55-43(30)60/h8,10,20-25,28,30,49-50H,6-7,9,11-19H2,1-5H3,(H,55,59,60)(H2,51,53,54,56)/t30-/m1/s1. The van der Waals surface area contributed by atoms with Crippen LogP contribution in [0.5, 0.6) is 5.75 Å². The Hall–Kier alpha value is -5.29. The highest BCUT2D eigenvalue weighted by molar-refractivity contribution is 9.10. The van der Waals surface area contributed by atoms with E-state index in [2.05, 4.69) is 76.6 Å². The van der Waals surface area contributed by atoms with Gasteiger partial charge in [-0.3, -0.25) is 19.7 Å². The van der Waals surface area contributed by atoms with Crippen molar-refractivity contribution in [2.75, 3.05) is 68.7 Å². The second kappa shape index (κ2) is 20.3. The van der Waals surface area contributed by atoms with Crippen LogP contribution in [-0.2, 0) is 33.5 Å². The second-order valence-electron chi connectivity index (χ2n) is 16.4. The smallest absolute Gasteiger partial charge is 0.274 e. The molecule has 2 amide bonds. The number of carbonyl (C=O) groups is 2. The number of nitrogens with one attached hydrogen (secondary N) is 5. The number of halogens is 3. The van der Waals surface area contributed by atoms with Crippen molar-refractivity contribution in [3.8, 4) is 5.75 Å². The van der Waals surface area contributed by atoms with Gasteiger partial charge in [-0.15, -0.1) is 0 Å². The fourth-order valence-electron chi connectivity index (χ4n) is 8.50. The number of rotatable bonds is 17. The summed E-state index contributed by atoms with van der Waals surface area (Å²) >= 11 is 3.56. The molecule has 1 atom stereocenters. The number of anilines is 5. The predicted octanol–water partition coefficient (Wildman–Crippen LogP) is 6.46. The number of hydrogen-bond donors (Lipinski definition) is 5. The van der Waals surface area contributed by atoms with E-state index in [4.69, 9.17) is 9.72 Å². The summed E-state index contributed by atoms with van der Waals surface area (Å²) in [4.78, 5) is 48.4. The van der Waals surface area contributed by atoms with Crippen LogP contribution in [0.4, 0.5) is 37.6 Å². The number of piperidine rings is 2. The first-order valence-electron chi connectivity index (χ1n) is 21.5. The number of aromatic nitrogens is 4. The topological polar surface area (TPSA) is 184 Å². The van der Waals surface area contributed by atoms with Gasteiger partial charge in [-0.2, -0.15) is 10.1 Å². The first-order valence-corrected chi connectivity index (χ1v) is 24.9. The molecule has 64 heavy (non-hydrogen) atoms. The van der Waals surface area contributed by atoms with Gasteiger partial charge in [-0.1, -0.05) is 6.92 Å². The zero-order valence-electron chi connectivity index (χ0n) is 36.6. The van der Waals surface area contributed by atoms with Crippen molar-refractivity contribution in [1.29, 1.82) is 0 Å². The minimum atomic E-state index is -2.91. The molecule has 2 fully saturated rings. The van der Waals surface area contributed by atoms with Crippen molar-refractivity contribution in [3.63, 3.8) is 0 Å².